The van der Waals surface area contributed by atoms with Crippen molar-refractivity contribution in [3.8, 4) is 0 Å². The van der Waals surface area contributed by atoms with Gasteiger partial charge in [0.25, 0.3) is 0 Å². The van der Waals surface area contributed by atoms with Crippen molar-refractivity contribution < 1.29 is 9.59 Å². The predicted octanol–water partition coefficient (Wildman–Crippen LogP) is 2.44. The van der Waals surface area contributed by atoms with Gasteiger partial charge >= 0.3 is 0 Å². The van der Waals surface area contributed by atoms with Crippen molar-refractivity contribution in [1.29, 1.82) is 0 Å². The molecule has 1 N–H and O–H groups in total. The summed E-state index contributed by atoms with van der Waals surface area (Å²) < 4.78 is 0. The summed E-state index contributed by atoms with van der Waals surface area (Å²) in [5.41, 5.74) is 2.20. The Morgan fingerprint density at radius 3 is 2.57 bits per heavy atom. The van der Waals surface area contributed by atoms with Gasteiger partial charge in [-0.3, -0.25) is 14.5 Å². The molecule has 0 spiro atoms. The minimum absolute atomic E-state index is 0.0451. The molecule has 0 radical (unpaired) electrons. The van der Waals surface area contributed by atoms with Crippen molar-refractivity contribution in [3.63, 3.8) is 0 Å². The molecule has 0 saturated carbocycles. The zero-order valence-electron chi connectivity index (χ0n) is 12.4. The second-order valence-electron chi connectivity index (χ2n) is 5.72. The highest BCUT2D eigenvalue weighted by Gasteiger charge is 2.51. The first kappa shape index (κ1) is 13.9. The van der Waals surface area contributed by atoms with Crippen LogP contribution < -0.4 is 5.32 Å². The molecule has 0 aromatic heterocycles. The Hall–Kier alpha value is -2.10. The summed E-state index contributed by atoms with van der Waals surface area (Å²) in [5.74, 6) is -0.588. The molecule has 3 rings (SSSR count). The molecule has 1 aliphatic heterocycles. The number of nitrogens with zero attached hydrogens (tertiary/aromatic N) is 1. The number of hydrogen-bond donors (Lipinski definition) is 1. The minimum Gasteiger partial charge on any atom is -0.378 e. The quantitative estimate of drug-likeness (QED) is 0.685. The molecule has 4 heteroatoms. The molecule has 110 valence electrons. The first-order chi connectivity index (χ1) is 10.1. The van der Waals surface area contributed by atoms with Crippen molar-refractivity contribution in [2.45, 2.75) is 25.8 Å². The number of amides is 2. The van der Waals surface area contributed by atoms with E-state index in [-0.39, 0.29) is 29.7 Å². The van der Waals surface area contributed by atoms with E-state index in [1.165, 1.54) is 10.5 Å². The lowest BCUT2D eigenvalue weighted by Gasteiger charge is -2.32. The molecule has 0 unspecified atom stereocenters. The molecule has 1 aromatic rings. The maximum absolute atomic E-state index is 12.4. The number of para-hydroxylation sites is 1. The predicted molar refractivity (Wildman–Crippen MR) is 81.6 cm³/mol. The number of allylic oxidation sites excluding steroid dienone is 1. The number of carbonyl (C=O) groups excluding carboxylic acids is 2. The molecule has 2 amide bonds. The molecular formula is C17H20N2O2. The second-order valence-corrected chi connectivity index (χ2v) is 5.72. The fraction of sp³-hybridized carbons (Fsp3) is 0.412. The van der Waals surface area contributed by atoms with Gasteiger partial charge in [0.05, 0.1) is 17.9 Å². The number of rotatable bonds is 3. The Morgan fingerprint density at radius 1 is 1.19 bits per heavy atom. The van der Waals surface area contributed by atoms with Crippen LogP contribution >= 0.6 is 0 Å². The Balaban J connectivity index is 1.94. The van der Waals surface area contributed by atoms with E-state index in [1.807, 2.05) is 30.3 Å². The molecule has 2 aliphatic rings. The van der Waals surface area contributed by atoms with Gasteiger partial charge in [-0.2, -0.15) is 0 Å². The van der Waals surface area contributed by atoms with Crippen molar-refractivity contribution in [2.75, 3.05) is 12.4 Å². The van der Waals surface area contributed by atoms with Crippen molar-refractivity contribution >= 4 is 17.5 Å². The average Bonchev–Trinajstić information content (AvgIpc) is 2.73. The van der Waals surface area contributed by atoms with Gasteiger partial charge in [0.15, 0.2) is 0 Å². The van der Waals surface area contributed by atoms with Gasteiger partial charge in [0, 0.05) is 12.7 Å². The topological polar surface area (TPSA) is 49.4 Å². The van der Waals surface area contributed by atoms with E-state index in [9.17, 15) is 9.59 Å². The van der Waals surface area contributed by atoms with Gasteiger partial charge in [0.1, 0.15) is 0 Å². The van der Waals surface area contributed by atoms with Crippen molar-refractivity contribution in [1.82, 2.24) is 4.90 Å². The lowest BCUT2D eigenvalue weighted by molar-refractivity contribution is -0.138. The van der Waals surface area contributed by atoms with Crippen LogP contribution in [0.15, 0.2) is 42.0 Å². The SMILES string of the molecule is CCC1=CC[C@@H]2C(=O)N(C)C(=O)[C@@H]2[C@@H]1Nc1ccccc1. The van der Waals surface area contributed by atoms with Gasteiger partial charge in [0.2, 0.25) is 11.8 Å². The number of hydrogen-bond acceptors (Lipinski definition) is 3. The highest BCUT2D eigenvalue weighted by Crippen LogP contribution is 2.39. The zero-order valence-corrected chi connectivity index (χ0v) is 12.4. The Labute approximate surface area is 124 Å². The van der Waals surface area contributed by atoms with Crippen LogP contribution in [0.5, 0.6) is 0 Å². The summed E-state index contributed by atoms with van der Waals surface area (Å²) in [5, 5.41) is 3.46. The van der Waals surface area contributed by atoms with Gasteiger partial charge < -0.3 is 5.32 Å². The summed E-state index contributed by atoms with van der Waals surface area (Å²) in [6, 6.07) is 9.78. The van der Waals surface area contributed by atoms with Gasteiger partial charge in [-0.15, -0.1) is 0 Å². The first-order valence-electron chi connectivity index (χ1n) is 7.45. The lowest BCUT2D eigenvalue weighted by atomic mass is 9.76. The molecule has 4 nitrogen and oxygen atoms in total. The Morgan fingerprint density at radius 2 is 1.90 bits per heavy atom. The summed E-state index contributed by atoms with van der Waals surface area (Å²) in [6.45, 7) is 2.09. The van der Waals surface area contributed by atoms with Crippen LogP contribution in [0.4, 0.5) is 5.69 Å². The van der Waals surface area contributed by atoms with E-state index in [0.717, 1.165) is 12.1 Å². The third-order valence-corrected chi connectivity index (χ3v) is 4.59. The first-order valence-corrected chi connectivity index (χ1v) is 7.45. The number of imide groups is 1. The summed E-state index contributed by atoms with van der Waals surface area (Å²) in [4.78, 5) is 25.9. The highest BCUT2D eigenvalue weighted by molar-refractivity contribution is 6.05. The van der Waals surface area contributed by atoms with E-state index in [2.05, 4.69) is 18.3 Å². The molecule has 3 atom stereocenters. The van der Waals surface area contributed by atoms with Gasteiger partial charge in [-0.25, -0.2) is 0 Å². The molecule has 1 aromatic carbocycles. The van der Waals surface area contributed by atoms with Crippen molar-refractivity contribution in [2.24, 2.45) is 11.8 Å². The third-order valence-electron chi connectivity index (χ3n) is 4.59. The smallest absolute Gasteiger partial charge is 0.235 e. The van der Waals surface area contributed by atoms with Crippen LogP contribution in [-0.2, 0) is 9.59 Å². The van der Waals surface area contributed by atoms with Crippen LogP contribution in [0.3, 0.4) is 0 Å². The van der Waals surface area contributed by atoms with E-state index < -0.39 is 0 Å². The summed E-state index contributed by atoms with van der Waals surface area (Å²) in [7, 11) is 1.59. The summed E-state index contributed by atoms with van der Waals surface area (Å²) in [6.07, 6.45) is 3.70. The summed E-state index contributed by atoms with van der Waals surface area (Å²) >= 11 is 0. The highest BCUT2D eigenvalue weighted by atomic mass is 16.2. The van der Waals surface area contributed by atoms with Crippen LogP contribution in [0.1, 0.15) is 19.8 Å². The number of benzene rings is 1. The largest absolute Gasteiger partial charge is 0.378 e. The third kappa shape index (κ3) is 2.24. The average molecular weight is 284 g/mol. The Bertz CT molecular complexity index is 594. The maximum Gasteiger partial charge on any atom is 0.235 e. The Kier molecular flexibility index (Phi) is 3.53. The van der Waals surface area contributed by atoms with Crippen LogP contribution in [-0.4, -0.2) is 29.8 Å². The standard InChI is InChI=1S/C17H20N2O2/c1-3-11-9-10-13-14(17(21)19(2)16(13)20)15(11)18-12-7-5-4-6-8-12/h4-9,13-15,18H,3,10H2,1-2H3/t13-,14-,15+/m0/s1. The number of carbonyl (C=O) groups is 2. The molecule has 21 heavy (non-hydrogen) atoms. The molecule has 0 bridgehead atoms. The van der Waals surface area contributed by atoms with E-state index in [0.29, 0.717) is 6.42 Å². The molecule has 1 saturated heterocycles. The van der Waals surface area contributed by atoms with E-state index in [1.54, 1.807) is 7.05 Å². The number of anilines is 1. The fourth-order valence-corrected chi connectivity index (χ4v) is 3.43. The van der Waals surface area contributed by atoms with Gasteiger partial charge in [-0.1, -0.05) is 36.8 Å². The fourth-order valence-electron chi connectivity index (χ4n) is 3.43. The molecule has 1 heterocycles. The lowest BCUT2D eigenvalue weighted by Crippen LogP contribution is -2.40. The normalized spacial score (nSPS) is 28.4. The monoisotopic (exact) mass is 284 g/mol. The van der Waals surface area contributed by atoms with E-state index >= 15 is 0 Å². The maximum atomic E-state index is 12.4. The van der Waals surface area contributed by atoms with E-state index in [4.69, 9.17) is 0 Å². The van der Waals surface area contributed by atoms with Gasteiger partial charge in [-0.05, 0) is 25.0 Å². The molecule has 1 fully saturated rings. The van der Waals surface area contributed by atoms with Crippen LogP contribution in [0.2, 0.25) is 0 Å². The number of likely N-dealkylation sites (tertiary alicyclic amines) is 1. The van der Waals surface area contributed by atoms with Crippen LogP contribution in [0.25, 0.3) is 0 Å². The minimum atomic E-state index is -0.275. The van der Waals surface area contributed by atoms with Crippen molar-refractivity contribution in [3.05, 3.63) is 42.0 Å². The molecular weight excluding hydrogens is 264 g/mol. The zero-order chi connectivity index (χ0) is 15.0. The second kappa shape index (κ2) is 5.35. The number of fused-ring (bicyclic) bond motifs is 1. The van der Waals surface area contributed by atoms with Crippen LogP contribution in [0, 0.1) is 11.8 Å². The number of nitrogens with one attached hydrogen (secondary N) is 1. The molecule has 1 aliphatic carbocycles.